The molecular weight excluding hydrogens is 246 g/mol. The molecule has 1 heterocycles. The Hall–Kier alpha value is -1.18. The predicted molar refractivity (Wildman–Crippen MR) is 82.6 cm³/mol. The quantitative estimate of drug-likeness (QED) is 0.748. The summed E-state index contributed by atoms with van der Waals surface area (Å²) in [5, 5.41) is 0. The minimum Gasteiger partial charge on any atom is -0.299 e. The van der Waals surface area contributed by atoms with E-state index >= 15 is 0 Å². The van der Waals surface area contributed by atoms with Crippen molar-refractivity contribution in [3.63, 3.8) is 0 Å². The van der Waals surface area contributed by atoms with E-state index in [0.717, 1.165) is 24.5 Å². The van der Waals surface area contributed by atoms with Crippen molar-refractivity contribution < 1.29 is 4.79 Å². The molecule has 2 rings (SSSR count). The summed E-state index contributed by atoms with van der Waals surface area (Å²) in [6.07, 6.45) is 10.4. The zero-order valence-corrected chi connectivity index (χ0v) is 12.8. The molecule has 0 spiro atoms. The van der Waals surface area contributed by atoms with Crippen molar-refractivity contribution in [2.24, 2.45) is 11.8 Å². The van der Waals surface area contributed by atoms with Gasteiger partial charge in [0.25, 0.3) is 0 Å². The summed E-state index contributed by atoms with van der Waals surface area (Å²) >= 11 is 0. The Balaban J connectivity index is 1.85. The number of carbonyl (C=O) groups excluding carboxylic acids is 1. The summed E-state index contributed by atoms with van der Waals surface area (Å²) < 4.78 is 0. The molecule has 1 aromatic heterocycles. The molecule has 1 unspecified atom stereocenters. The topological polar surface area (TPSA) is 30.0 Å². The minimum absolute atomic E-state index is 0.0478. The van der Waals surface area contributed by atoms with Crippen LogP contribution in [0.25, 0.3) is 0 Å². The van der Waals surface area contributed by atoms with Gasteiger partial charge >= 0.3 is 0 Å². The fourth-order valence-corrected chi connectivity index (χ4v) is 3.36. The second kappa shape index (κ2) is 7.56. The van der Waals surface area contributed by atoms with Gasteiger partial charge in [-0.15, -0.1) is 0 Å². The van der Waals surface area contributed by atoms with Gasteiger partial charge in [0, 0.05) is 12.1 Å². The SMILES string of the molecule is CCCCC1CCC(C(=O)C(C)c2ccccn2)CC1. The molecule has 1 fully saturated rings. The first-order chi connectivity index (χ1) is 9.72. The van der Waals surface area contributed by atoms with E-state index in [9.17, 15) is 4.79 Å². The number of nitrogens with zero attached hydrogens (tertiary/aromatic N) is 1. The Bertz CT molecular complexity index is 407. The highest BCUT2D eigenvalue weighted by atomic mass is 16.1. The van der Waals surface area contributed by atoms with Gasteiger partial charge < -0.3 is 0 Å². The minimum atomic E-state index is -0.0478. The standard InChI is InChI=1S/C18H27NO/c1-3-4-7-15-9-11-16(12-10-15)18(20)14(2)17-8-5-6-13-19-17/h5-6,8,13-16H,3-4,7,9-12H2,1-2H3. The number of rotatable bonds is 6. The van der Waals surface area contributed by atoms with Crippen LogP contribution in [0.4, 0.5) is 0 Å². The van der Waals surface area contributed by atoms with E-state index < -0.39 is 0 Å². The van der Waals surface area contributed by atoms with Crippen LogP contribution in [0.3, 0.4) is 0 Å². The average molecular weight is 273 g/mol. The van der Waals surface area contributed by atoms with Crippen LogP contribution in [0.15, 0.2) is 24.4 Å². The van der Waals surface area contributed by atoms with Crippen LogP contribution in [0.2, 0.25) is 0 Å². The van der Waals surface area contributed by atoms with Crippen molar-refractivity contribution in [2.75, 3.05) is 0 Å². The maximum absolute atomic E-state index is 12.6. The lowest BCUT2D eigenvalue weighted by molar-refractivity contribution is -0.125. The van der Waals surface area contributed by atoms with Crippen LogP contribution in [-0.4, -0.2) is 10.8 Å². The first kappa shape index (κ1) is 15.2. The van der Waals surface area contributed by atoms with Gasteiger partial charge in [-0.3, -0.25) is 9.78 Å². The number of ketones is 1. The van der Waals surface area contributed by atoms with Gasteiger partial charge in [0.05, 0.1) is 11.6 Å². The average Bonchev–Trinajstić information content (AvgIpc) is 2.53. The smallest absolute Gasteiger partial charge is 0.144 e. The molecule has 2 heteroatoms. The Kier molecular flexibility index (Phi) is 5.75. The predicted octanol–water partition coefficient (Wildman–Crippen LogP) is 4.75. The Morgan fingerprint density at radius 1 is 1.30 bits per heavy atom. The summed E-state index contributed by atoms with van der Waals surface area (Å²) in [5.41, 5.74) is 0.922. The molecule has 0 aliphatic heterocycles. The van der Waals surface area contributed by atoms with E-state index in [1.165, 1.54) is 32.1 Å². The Morgan fingerprint density at radius 2 is 2.05 bits per heavy atom. The Morgan fingerprint density at radius 3 is 2.65 bits per heavy atom. The number of aromatic nitrogens is 1. The molecule has 2 nitrogen and oxygen atoms in total. The first-order valence-corrected chi connectivity index (χ1v) is 8.17. The van der Waals surface area contributed by atoms with Crippen molar-refractivity contribution >= 4 is 5.78 Å². The van der Waals surface area contributed by atoms with Crippen molar-refractivity contribution in [3.05, 3.63) is 30.1 Å². The number of carbonyl (C=O) groups is 1. The molecule has 1 atom stereocenters. The Labute approximate surface area is 123 Å². The molecule has 0 N–H and O–H groups in total. The molecule has 110 valence electrons. The number of unbranched alkanes of at least 4 members (excludes halogenated alkanes) is 1. The summed E-state index contributed by atoms with van der Waals surface area (Å²) in [5.74, 6) is 1.49. The fraction of sp³-hybridized carbons (Fsp3) is 0.667. The molecule has 1 aromatic rings. The summed E-state index contributed by atoms with van der Waals surface area (Å²) in [6, 6.07) is 5.84. The lowest BCUT2D eigenvalue weighted by Gasteiger charge is -2.29. The second-order valence-corrected chi connectivity index (χ2v) is 6.24. The fourth-order valence-electron chi connectivity index (χ4n) is 3.36. The molecular formula is C18H27NO. The normalized spacial score (nSPS) is 24.3. The highest BCUT2D eigenvalue weighted by Gasteiger charge is 2.29. The van der Waals surface area contributed by atoms with Gasteiger partial charge in [-0.25, -0.2) is 0 Å². The summed E-state index contributed by atoms with van der Waals surface area (Å²) in [6.45, 7) is 4.26. The van der Waals surface area contributed by atoms with Gasteiger partial charge in [0.2, 0.25) is 0 Å². The molecule has 0 aromatic carbocycles. The van der Waals surface area contributed by atoms with E-state index in [0.29, 0.717) is 5.78 Å². The van der Waals surface area contributed by atoms with Crippen molar-refractivity contribution in [3.8, 4) is 0 Å². The van der Waals surface area contributed by atoms with Gasteiger partial charge in [-0.2, -0.15) is 0 Å². The van der Waals surface area contributed by atoms with Gasteiger partial charge in [0.15, 0.2) is 0 Å². The maximum atomic E-state index is 12.6. The molecule has 1 aliphatic carbocycles. The van der Waals surface area contributed by atoms with Gasteiger partial charge in [-0.1, -0.05) is 32.3 Å². The van der Waals surface area contributed by atoms with Crippen LogP contribution in [0, 0.1) is 11.8 Å². The van der Waals surface area contributed by atoms with Crippen LogP contribution in [0.5, 0.6) is 0 Å². The molecule has 0 radical (unpaired) electrons. The van der Waals surface area contributed by atoms with Crippen LogP contribution in [0.1, 0.15) is 70.4 Å². The third kappa shape index (κ3) is 3.91. The van der Waals surface area contributed by atoms with Crippen LogP contribution in [-0.2, 0) is 4.79 Å². The number of Topliss-reactive ketones (excluding diaryl/α,β-unsaturated/α-hetero) is 1. The number of pyridine rings is 1. The monoisotopic (exact) mass is 273 g/mol. The summed E-state index contributed by atoms with van der Waals surface area (Å²) in [4.78, 5) is 16.9. The lowest BCUT2D eigenvalue weighted by atomic mass is 9.75. The van der Waals surface area contributed by atoms with Gasteiger partial charge in [-0.05, 0) is 50.7 Å². The van der Waals surface area contributed by atoms with Gasteiger partial charge in [0.1, 0.15) is 5.78 Å². The largest absolute Gasteiger partial charge is 0.299 e. The highest BCUT2D eigenvalue weighted by Crippen LogP contribution is 2.34. The third-order valence-electron chi connectivity index (χ3n) is 4.77. The van der Waals surface area contributed by atoms with Crippen LogP contribution >= 0.6 is 0 Å². The molecule has 0 saturated heterocycles. The molecule has 1 saturated carbocycles. The van der Waals surface area contributed by atoms with Crippen molar-refractivity contribution in [1.82, 2.24) is 4.98 Å². The maximum Gasteiger partial charge on any atom is 0.144 e. The number of hydrogen-bond acceptors (Lipinski definition) is 2. The first-order valence-electron chi connectivity index (χ1n) is 8.17. The zero-order chi connectivity index (χ0) is 14.4. The van der Waals surface area contributed by atoms with E-state index in [1.807, 2.05) is 25.1 Å². The molecule has 0 amide bonds. The summed E-state index contributed by atoms with van der Waals surface area (Å²) in [7, 11) is 0. The van der Waals surface area contributed by atoms with E-state index in [1.54, 1.807) is 6.20 Å². The lowest BCUT2D eigenvalue weighted by Crippen LogP contribution is -2.25. The zero-order valence-electron chi connectivity index (χ0n) is 12.8. The molecule has 0 bridgehead atoms. The van der Waals surface area contributed by atoms with Crippen molar-refractivity contribution in [2.45, 2.75) is 64.7 Å². The molecule has 20 heavy (non-hydrogen) atoms. The van der Waals surface area contributed by atoms with E-state index in [4.69, 9.17) is 0 Å². The van der Waals surface area contributed by atoms with Crippen molar-refractivity contribution in [1.29, 1.82) is 0 Å². The second-order valence-electron chi connectivity index (χ2n) is 6.24. The van der Waals surface area contributed by atoms with E-state index in [2.05, 4.69) is 11.9 Å². The van der Waals surface area contributed by atoms with Crippen LogP contribution < -0.4 is 0 Å². The highest BCUT2D eigenvalue weighted by molar-refractivity contribution is 5.87. The van der Waals surface area contributed by atoms with E-state index in [-0.39, 0.29) is 11.8 Å². The third-order valence-corrected chi connectivity index (χ3v) is 4.77. The number of hydrogen-bond donors (Lipinski definition) is 0. The molecule has 1 aliphatic rings.